The zero-order valence-electron chi connectivity index (χ0n) is 4.79. The molecule has 0 fully saturated rings. The molecule has 0 aromatic rings. The molecule has 0 atom stereocenters. The summed E-state index contributed by atoms with van der Waals surface area (Å²) in [6, 6.07) is 0. The summed E-state index contributed by atoms with van der Waals surface area (Å²) in [6.07, 6.45) is 0. The van der Waals surface area contributed by atoms with Crippen LogP contribution in [-0.4, -0.2) is 47.5 Å². The van der Waals surface area contributed by atoms with Gasteiger partial charge in [0.25, 0.3) is 0 Å². The summed E-state index contributed by atoms with van der Waals surface area (Å²) in [5.74, 6) is 0. The summed E-state index contributed by atoms with van der Waals surface area (Å²) in [7, 11) is 1.76. The predicted molar refractivity (Wildman–Crippen MR) is 31.4 cm³/mol. The smallest absolute Gasteiger partial charge is 0.184 e. The Labute approximate surface area is 48.6 Å². The third kappa shape index (κ3) is 1.83. The summed E-state index contributed by atoms with van der Waals surface area (Å²) in [5, 5.41) is 33.6. The molecule has 0 aromatic carbocycles. The molecule has 0 bridgehead atoms. The third-order valence-corrected chi connectivity index (χ3v) is 0.897. The van der Waals surface area contributed by atoms with Crippen molar-refractivity contribution in [3.63, 3.8) is 0 Å². The molecule has 0 radical (unpaired) electrons. The first-order valence-corrected chi connectivity index (χ1v) is 2.14. The van der Waals surface area contributed by atoms with E-state index in [0.29, 0.717) is 0 Å². The normalized spacial score (nSPS) is 14.0. The minimum atomic E-state index is -2.45. The van der Waals surface area contributed by atoms with Gasteiger partial charge in [-0.05, 0) is 0 Å². The maximum Gasteiger partial charge on any atom is 0.184 e. The monoisotopic (exact) mass is 118 g/mol. The van der Waals surface area contributed by atoms with Crippen LogP contribution in [-0.2, 0) is 0 Å². The molecule has 0 spiro atoms. The lowest BCUT2D eigenvalue weighted by Gasteiger charge is -2.28. The average molecular weight is 118 g/mol. The van der Waals surface area contributed by atoms with Gasteiger partial charge >= 0.3 is 0 Å². The Bertz CT molecular complexity index is 67.0. The van der Waals surface area contributed by atoms with Gasteiger partial charge in [-0.15, -0.1) is 0 Å². The van der Waals surface area contributed by atoms with Crippen LogP contribution in [0.25, 0.3) is 0 Å². The highest BCUT2D eigenvalue weighted by atomic mass is 16.6. The summed E-state index contributed by atoms with van der Waals surface area (Å²) in [5.41, 5.74) is -4.90. The van der Waals surface area contributed by atoms with E-state index in [-0.39, 0.29) is 0 Å². The molecule has 0 unspecified atom stereocenters. The fraction of sp³-hybridized carbons (Fsp3) is 1.00. The van der Waals surface area contributed by atoms with Crippen molar-refractivity contribution in [2.45, 2.75) is 11.4 Å². The van der Waals surface area contributed by atoms with Crippen molar-refractivity contribution in [3.8, 4) is 0 Å². The highest BCUT2D eigenvalue weighted by molar-refractivity contribution is 6.23. The van der Waals surface area contributed by atoms with Gasteiger partial charge < -0.3 is 20.4 Å². The standard InChI is InChI=1S/C2H8B2O4/c3-1(5,6)2(4,7)8/h5-8H,3-4H2. The van der Waals surface area contributed by atoms with Crippen LogP contribution in [0.4, 0.5) is 0 Å². The molecule has 8 heavy (non-hydrogen) atoms. The van der Waals surface area contributed by atoms with E-state index in [2.05, 4.69) is 0 Å². The maximum atomic E-state index is 8.41. The molecular weight excluding hydrogens is 110 g/mol. The van der Waals surface area contributed by atoms with Crippen LogP contribution in [0.15, 0.2) is 0 Å². The molecule has 0 saturated heterocycles. The zero-order valence-corrected chi connectivity index (χ0v) is 4.79. The lowest BCUT2D eigenvalue weighted by molar-refractivity contribution is -0.267. The Morgan fingerprint density at radius 2 is 0.875 bits per heavy atom. The van der Waals surface area contributed by atoms with Gasteiger partial charge in [0.1, 0.15) is 0 Å². The quantitative estimate of drug-likeness (QED) is 0.206. The Morgan fingerprint density at radius 3 is 0.875 bits per heavy atom. The van der Waals surface area contributed by atoms with Crippen LogP contribution in [0.1, 0.15) is 0 Å². The molecule has 0 aliphatic heterocycles. The van der Waals surface area contributed by atoms with E-state index in [1.54, 1.807) is 0 Å². The maximum absolute atomic E-state index is 8.41. The van der Waals surface area contributed by atoms with Crippen LogP contribution in [0, 0.1) is 0 Å². The Morgan fingerprint density at radius 1 is 0.750 bits per heavy atom. The molecule has 0 aliphatic rings. The van der Waals surface area contributed by atoms with Crippen LogP contribution in [0.3, 0.4) is 0 Å². The van der Waals surface area contributed by atoms with Gasteiger partial charge in [0.05, 0.1) is 0 Å². The van der Waals surface area contributed by atoms with Crippen LogP contribution in [0.5, 0.6) is 0 Å². The second-order valence-electron chi connectivity index (χ2n) is 2.04. The van der Waals surface area contributed by atoms with E-state index in [9.17, 15) is 0 Å². The van der Waals surface area contributed by atoms with Crippen molar-refractivity contribution >= 4 is 15.7 Å². The Hall–Kier alpha value is -0.0301. The first-order chi connectivity index (χ1) is 3.25. The van der Waals surface area contributed by atoms with E-state index in [1.807, 2.05) is 0 Å². The predicted octanol–water partition coefficient (Wildman–Crippen LogP) is -4.47. The van der Waals surface area contributed by atoms with Crippen molar-refractivity contribution in [2.75, 3.05) is 0 Å². The first kappa shape index (κ1) is 7.97. The zero-order chi connectivity index (χ0) is 7.00. The number of hydrogen-bond acceptors (Lipinski definition) is 4. The van der Waals surface area contributed by atoms with Crippen molar-refractivity contribution in [1.29, 1.82) is 0 Å². The number of hydrogen-bond donors (Lipinski definition) is 4. The lowest BCUT2D eigenvalue weighted by atomic mass is 9.75. The van der Waals surface area contributed by atoms with Gasteiger partial charge in [-0.1, -0.05) is 0 Å². The molecule has 6 heteroatoms. The third-order valence-electron chi connectivity index (χ3n) is 0.897. The van der Waals surface area contributed by atoms with Gasteiger partial charge in [-0.3, -0.25) is 0 Å². The minimum Gasteiger partial charge on any atom is -0.370 e. The van der Waals surface area contributed by atoms with E-state index in [0.717, 1.165) is 15.7 Å². The van der Waals surface area contributed by atoms with Crippen LogP contribution >= 0.6 is 0 Å². The van der Waals surface area contributed by atoms with Crippen molar-refractivity contribution in [2.24, 2.45) is 0 Å². The molecule has 0 aromatic heterocycles. The largest absolute Gasteiger partial charge is 0.370 e. The average Bonchev–Trinajstić information content (AvgIpc) is 1.25. The topological polar surface area (TPSA) is 80.9 Å². The summed E-state index contributed by atoms with van der Waals surface area (Å²) in [4.78, 5) is 0. The number of aliphatic hydroxyl groups is 4. The highest BCUT2D eigenvalue weighted by Gasteiger charge is 2.36. The molecule has 0 aliphatic carbocycles. The summed E-state index contributed by atoms with van der Waals surface area (Å²) in [6.45, 7) is 0. The summed E-state index contributed by atoms with van der Waals surface area (Å²) < 4.78 is 0. The molecule has 0 rings (SSSR count). The van der Waals surface area contributed by atoms with E-state index >= 15 is 0 Å². The summed E-state index contributed by atoms with van der Waals surface area (Å²) >= 11 is 0. The Kier molecular flexibility index (Phi) is 1.73. The van der Waals surface area contributed by atoms with Crippen molar-refractivity contribution in [3.05, 3.63) is 0 Å². The molecular formula is C2H8B2O4. The van der Waals surface area contributed by atoms with E-state index < -0.39 is 11.4 Å². The number of rotatable bonds is 1. The minimum absolute atomic E-state index is 0.882. The second-order valence-corrected chi connectivity index (χ2v) is 2.04. The van der Waals surface area contributed by atoms with Crippen molar-refractivity contribution in [1.82, 2.24) is 0 Å². The first-order valence-electron chi connectivity index (χ1n) is 2.14. The van der Waals surface area contributed by atoms with Gasteiger partial charge in [-0.2, -0.15) is 0 Å². The van der Waals surface area contributed by atoms with Crippen LogP contribution < -0.4 is 0 Å². The molecule has 0 amide bonds. The van der Waals surface area contributed by atoms with Crippen LogP contribution in [0.2, 0.25) is 0 Å². The molecule has 46 valence electrons. The molecule has 4 nitrogen and oxygen atoms in total. The van der Waals surface area contributed by atoms with Gasteiger partial charge in [-0.25, -0.2) is 0 Å². The lowest BCUT2D eigenvalue weighted by Crippen LogP contribution is -2.55. The second kappa shape index (κ2) is 1.73. The molecule has 4 N–H and O–H groups in total. The fourth-order valence-electron chi connectivity index (χ4n) is 0. The fourth-order valence-corrected chi connectivity index (χ4v) is 0. The van der Waals surface area contributed by atoms with E-state index in [4.69, 9.17) is 20.4 Å². The van der Waals surface area contributed by atoms with Gasteiger partial charge in [0.15, 0.2) is 27.1 Å². The molecule has 0 saturated carbocycles. The van der Waals surface area contributed by atoms with Crippen molar-refractivity contribution < 1.29 is 20.4 Å². The SMILES string of the molecule is BC(O)(O)C(B)(O)O. The van der Waals surface area contributed by atoms with Gasteiger partial charge in [0, 0.05) is 0 Å². The Balaban J connectivity index is 4.02. The highest BCUT2D eigenvalue weighted by Crippen LogP contribution is 2.06. The van der Waals surface area contributed by atoms with E-state index in [1.165, 1.54) is 0 Å². The van der Waals surface area contributed by atoms with Gasteiger partial charge in [0.2, 0.25) is 0 Å². The molecule has 0 heterocycles.